The fraction of sp³-hybridized carbons (Fsp3) is 0.533. The average Bonchev–Trinajstić information content (AvgIpc) is 2.38. The van der Waals surface area contributed by atoms with Gasteiger partial charge in [0.25, 0.3) is 0 Å². The second-order valence-electron chi connectivity index (χ2n) is 5.46. The molecule has 1 atom stereocenters. The molecule has 5 heteroatoms. The fourth-order valence-electron chi connectivity index (χ4n) is 2.48. The summed E-state index contributed by atoms with van der Waals surface area (Å²) in [5.74, 6) is 0.251. The Morgan fingerprint density at radius 2 is 2.25 bits per heavy atom. The zero-order chi connectivity index (χ0) is 13.8. The molecule has 2 rings (SSSR count). The lowest BCUT2D eigenvalue weighted by Crippen LogP contribution is -2.48. The van der Waals surface area contributed by atoms with E-state index in [0.29, 0.717) is 25.4 Å². The normalized spacial score (nSPS) is 18.8. The average molecular weight is 301 g/mol. The molecule has 1 saturated heterocycles. The van der Waals surface area contributed by atoms with Gasteiger partial charge in [0, 0.05) is 26.1 Å². The molecule has 112 valence electrons. The van der Waals surface area contributed by atoms with E-state index in [1.807, 2.05) is 24.8 Å². The summed E-state index contributed by atoms with van der Waals surface area (Å²) in [6.45, 7) is 6.25. The number of amides is 1. The SMILES string of the molecule is CC(C)CC(=O)N1CCNCC1c1cccc(F)c1.Cl. The van der Waals surface area contributed by atoms with Gasteiger partial charge in [0.05, 0.1) is 6.04 Å². The molecule has 0 spiro atoms. The van der Waals surface area contributed by atoms with Gasteiger partial charge >= 0.3 is 0 Å². The predicted octanol–water partition coefficient (Wildman–Crippen LogP) is 2.77. The maximum absolute atomic E-state index is 13.3. The van der Waals surface area contributed by atoms with Crippen molar-refractivity contribution in [3.8, 4) is 0 Å². The third kappa shape index (κ3) is 4.18. The summed E-state index contributed by atoms with van der Waals surface area (Å²) >= 11 is 0. The van der Waals surface area contributed by atoms with Gasteiger partial charge in [0.1, 0.15) is 5.82 Å². The molecular formula is C15H22ClFN2O. The van der Waals surface area contributed by atoms with Crippen LogP contribution in [0.4, 0.5) is 4.39 Å². The summed E-state index contributed by atoms with van der Waals surface area (Å²) in [6.07, 6.45) is 0.547. The molecule has 1 unspecified atom stereocenters. The maximum atomic E-state index is 13.3. The molecule has 0 saturated carbocycles. The Balaban J connectivity index is 0.00000200. The summed E-state index contributed by atoms with van der Waals surface area (Å²) in [7, 11) is 0. The van der Waals surface area contributed by atoms with Crippen molar-refractivity contribution in [2.24, 2.45) is 5.92 Å². The van der Waals surface area contributed by atoms with Crippen molar-refractivity contribution >= 4 is 18.3 Å². The molecule has 3 nitrogen and oxygen atoms in total. The highest BCUT2D eigenvalue weighted by atomic mass is 35.5. The van der Waals surface area contributed by atoms with E-state index in [4.69, 9.17) is 0 Å². The van der Waals surface area contributed by atoms with Gasteiger partial charge in [-0.3, -0.25) is 4.79 Å². The van der Waals surface area contributed by atoms with Gasteiger partial charge in [-0.25, -0.2) is 4.39 Å². The van der Waals surface area contributed by atoms with Crippen molar-refractivity contribution in [1.29, 1.82) is 0 Å². The quantitative estimate of drug-likeness (QED) is 0.931. The Kier molecular flexibility index (Phi) is 6.43. The van der Waals surface area contributed by atoms with Crippen LogP contribution < -0.4 is 5.32 Å². The number of hydrogen-bond acceptors (Lipinski definition) is 2. The van der Waals surface area contributed by atoms with Crippen LogP contribution in [0.2, 0.25) is 0 Å². The molecule has 1 amide bonds. The number of halogens is 2. The van der Waals surface area contributed by atoms with Crippen molar-refractivity contribution in [3.05, 3.63) is 35.6 Å². The zero-order valence-corrected chi connectivity index (χ0v) is 12.8. The van der Waals surface area contributed by atoms with Gasteiger partial charge in [-0.1, -0.05) is 26.0 Å². The van der Waals surface area contributed by atoms with Gasteiger partial charge in [0.2, 0.25) is 5.91 Å². The Morgan fingerprint density at radius 3 is 2.90 bits per heavy atom. The van der Waals surface area contributed by atoms with E-state index < -0.39 is 0 Å². The number of nitrogens with zero attached hydrogens (tertiary/aromatic N) is 1. The number of nitrogens with one attached hydrogen (secondary N) is 1. The number of hydrogen-bond donors (Lipinski definition) is 1. The Hall–Kier alpha value is -1.13. The molecule has 1 aliphatic heterocycles. The van der Waals surface area contributed by atoms with E-state index >= 15 is 0 Å². The molecule has 0 aromatic heterocycles. The molecule has 0 radical (unpaired) electrons. The minimum atomic E-state index is -0.251. The van der Waals surface area contributed by atoms with Crippen molar-refractivity contribution in [3.63, 3.8) is 0 Å². The summed E-state index contributed by atoms with van der Waals surface area (Å²) < 4.78 is 13.3. The highest BCUT2D eigenvalue weighted by Crippen LogP contribution is 2.24. The van der Waals surface area contributed by atoms with Crippen LogP contribution in [0.15, 0.2) is 24.3 Å². The molecule has 0 aliphatic carbocycles. The first kappa shape index (κ1) is 16.9. The van der Waals surface area contributed by atoms with Crippen molar-refractivity contribution < 1.29 is 9.18 Å². The Morgan fingerprint density at radius 1 is 1.50 bits per heavy atom. The van der Waals surface area contributed by atoms with Crippen LogP contribution in [0.5, 0.6) is 0 Å². The maximum Gasteiger partial charge on any atom is 0.223 e. The number of piperazine rings is 1. The number of carbonyl (C=O) groups is 1. The van der Waals surface area contributed by atoms with E-state index in [1.54, 1.807) is 6.07 Å². The van der Waals surface area contributed by atoms with Crippen molar-refractivity contribution in [2.45, 2.75) is 26.3 Å². The largest absolute Gasteiger partial charge is 0.333 e. The minimum absolute atomic E-state index is 0. The van der Waals surface area contributed by atoms with Crippen LogP contribution >= 0.6 is 12.4 Å². The first-order chi connectivity index (χ1) is 9.08. The summed E-state index contributed by atoms with van der Waals surface area (Å²) in [6, 6.07) is 6.48. The smallest absolute Gasteiger partial charge is 0.223 e. The van der Waals surface area contributed by atoms with E-state index in [0.717, 1.165) is 12.1 Å². The van der Waals surface area contributed by atoms with Crippen LogP contribution in [0.3, 0.4) is 0 Å². The summed E-state index contributed by atoms with van der Waals surface area (Å²) in [4.78, 5) is 14.2. The lowest BCUT2D eigenvalue weighted by Gasteiger charge is -2.37. The van der Waals surface area contributed by atoms with Crippen LogP contribution in [-0.4, -0.2) is 30.4 Å². The van der Waals surface area contributed by atoms with Crippen LogP contribution in [0.1, 0.15) is 31.9 Å². The van der Waals surface area contributed by atoms with Gasteiger partial charge in [-0.2, -0.15) is 0 Å². The second kappa shape index (κ2) is 7.60. The first-order valence-electron chi connectivity index (χ1n) is 6.83. The molecule has 1 heterocycles. The van der Waals surface area contributed by atoms with Gasteiger partial charge < -0.3 is 10.2 Å². The van der Waals surface area contributed by atoms with E-state index in [-0.39, 0.29) is 30.2 Å². The molecule has 1 aliphatic rings. The highest BCUT2D eigenvalue weighted by molar-refractivity contribution is 5.85. The first-order valence-corrected chi connectivity index (χ1v) is 6.83. The van der Waals surface area contributed by atoms with Gasteiger partial charge in [-0.15, -0.1) is 12.4 Å². The van der Waals surface area contributed by atoms with Crippen LogP contribution in [0.25, 0.3) is 0 Å². The van der Waals surface area contributed by atoms with Gasteiger partial charge in [-0.05, 0) is 23.6 Å². The molecule has 20 heavy (non-hydrogen) atoms. The molecule has 1 aromatic rings. The van der Waals surface area contributed by atoms with E-state index in [2.05, 4.69) is 5.32 Å². The second-order valence-corrected chi connectivity index (χ2v) is 5.46. The van der Waals surface area contributed by atoms with Crippen LogP contribution in [-0.2, 0) is 4.79 Å². The number of rotatable bonds is 3. The molecule has 1 fully saturated rings. The summed E-state index contributed by atoms with van der Waals surface area (Å²) in [5, 5.41) is 3.27. The van der Waals surface area contributed by atoms with E-state index in [9.17, 15) is 9.18 Å². The standard InChI is InChI=1S/C15H21FN2O.ClH/c1-11(2)8-15(19)18-7-6-17-10-14(18)12-4-3-5-13(16)9-12;/h3-5,9,11,14,17H,6-8,10H2,1-2H3;1H. The lowest BCUT2D eigenvalue weighted by atomic mass is 10.0. The van der Waals surface area contributed by atoms with Crippen LogP contribution in [0, 0.1) is 11.7 Å². The van der Waals surface area contributed by atoms with Gasteiger partial charge in [0.15, 0.2) is 0 Å². The lowest BCUT2D eigenvalue weighted by molar-refractivity contribution is -0.135. The number of benzene rings is 1. The van der Waals surface area contributed by atoms with E-state index in [1.165, 1.54) is 12.1 Å². The molecule has 0 bridgehead atoms. The third-order valence-corrected chi connectivity index (χ3v) is 3.38. The van der Waals surface area contributed by atoms with Crippen molar-refractivity contribution in [2.75, 3.05) is 19.6 Å². The Bertz CT molecular complexity index is 453. The fourth-order valence-corrected chi connectivity index (χ4v) is 2.48. The minimum Gasteiger partial charge on any atom is -0.333 e. The molecular weight excluding hydrogens is 279 g/mol. The van der Waals surface area contributed by atoms with Crippen molar-refractivity contribution in [1.82, 2.24) is 10.2 Å². The number of carbonyl (C=O) groups excluding carboxylic acids is 1. The zero-order valence-electron chi connectivity index (χ0n) is 11.9. The molecule has 1 aromatic carbocycles. The Labute approximate surface area is 125 Å². The summed E-state index contributed by atoms with van der Waals surface area (Å²) in [5.41, 5.74) is 0.865. The predicted molar refractivity (Wildman–Crippen MR) is 80.4 cm³/mol. The monoisotopic (exact) mass is 300 g/mol. The molecule has 1 N–H and O–H groups in total. The topological polar surface area (TPSA) is 32.3 Å². The third-order valence-electron chi connectivity index (χ3n) is 3.38. The highest BCUT2D eigenvalue weighted by Gasteiger charge is 2.28.